The first-order valence-electron chi connectivity index (χ1n) is 5.12. The van der Waals surface area contributed by atoms with Crippen LogP contribution in [0.25, 0.3) is 0 Å². The Kier molecular flexibility index (Phi) is 4.59. The Hall–Kier alpha value is -0.570. The Morgan fingerprint density at radius 3 is 1.93 bits per heavy atom. The number of rotatable bonds is 3. The molecule has 0 aromatic carbocycles. The molecule has 0 aliphatic rings. The molecule has 3 nitrogen and oxygen atoms in total. The Balaban J connectivity index is 4.23. The van der Waals surface area contributed by atoms with Crippen LogP contribution in [0.2, 0.25) is 0 Å². The summed E-state index contributed by atoms with van der Waals surface area (Å²) in [7, 11) is 0. The van der Waals surface area contributed by atoms with Crippen LogP contribution in [0.5, 0.6) is 0 Å². The molecule has 2 atom stereocenters. The summed E-state index contributed by atoms with van der Waals surface area (Å²) in [6, 6.07) is -0.552. The first-order valence-corrected chi connectivity index (χ1v) is 5.12. The van der Waals surface area contributed by atoms with Crippen molar-refractivity contribution in [3.63, 3.8) is 0 Å². The van der Waals surface area contributed by atoms with Gasteiger partial charge >= 0.3 is 5.97 Å². The summed E-state index contributed by atoms with van der Waals surface area (Å²) in [5, 5.41) is 0. The molecule has 0 aromatic rings. The molecule has 2 N–H and O–H groups in total. The fourth-order valence-electron chi connectivity index (χ4n) is 0.746. The predicted molar refractivity (Wildman–Crippen MR) is 57.8 cm³/mol. The van der Waals surface area contributed by atoms with E-state index >= 15 is 0 Å². The van der Waals surface area contributed by atoms with Gasteiger partial charge in [-0.15, -0.1) is 0 Å². The zero-order valence-electron chi connectivity index (χ0n) is 10.1. The van der Waals surface area contributed by atoms with Gasteiger partial charge in [0.2, 0.25) is 0 Å². The molecule has 0 heterocycles. The zero-order chi connectivity index (χ0) is 11.5. The molecule has 0 aliphatic carbocycles. The third-order valence-electron chi connectivity index (χ3n) is 2.43. The van der Waals surface area contributed by atoms with Crippen LogP contribution < -0.4 is 5.73 Å². The minimum Gasteiger partial charge on any atom is -0.461 e. The van der Waals surface area contributed by atoms with Gasteiger partial charge in [0, 0.05) is 0 Å². The highest BCUT2D eigenvalue weighted by molar-refractivity contribution is 5.76. The Morgan fingerprint density at radius 1 is 1.21 bits per heavy atom. The van der Waals surface area contributed by atoms with Gasteiger partial charge in [0.1, 0.15) is 12.1 Å². The lowest BCUT2D eigenvalue weighted by atomic mass is 9.87. The maximum atomic E-state index is 11.6. The van der Waals surface area contributed by atoms with Crippen LogP contribution in [0.15, 0.2) is 0 Å². The van der Waals surface area contributed by atoms with E-state index in [0.29, 0.717) is 5.92 Å². The second kappa shape index (κ2) is 4.78. The summed E-state index contributed by atoms with van der Waals surface area (Å²) >= 11 is 0. The smallest absolute Gasteiger partial charge is 0.323 e. The van der Waals surface area contributed by atoms with Crippen LogP contribution in [-0.4, -0.2) is 18.1 Å². The molecule has 0 amide bonds. The fraction of sp³-hybridized carbons (Fsp3) is 0.909. The maximum absolute atomic E-state index is 11.6. The van der Waals surface area contributed by atoms with Gasteiger partial charge in [-0.05, 0) is 18.3 Å². The van der Waals surface area contributed by atoms with Gasteiger partial charge < -0.3 is 10.5 Å². The molecule has 84 valence electrons. The van der Waals surface area contributed by atoms with Gasteiger partial charge in [-0.2, -0.15) is 0 Å². The van der Waals surface area contributed by atoms with Crippen LogP contribution in [0.1, 0.15) is 41.5 Å². The second-order valence-electron chi connectivity index (χ2n) is 5.23. The summed E-state index contributed by atoms with van der Waals surface area (Å²) in [6.07, 6.45) is -0.0732. The maximum Gasteiger partial charge on any atom is 0.323 e. The van der Waals surface area contributed by atoms with Crippen molar-refractivity contribution in [2.24, 2.45) is 17.1 Å². The van der Waals surface area contributed by atoms with E-state index in [1.165, 1.54) is 0 Å². The fourth-order valence-corrected chi connectivity index (χ4v) is 0.746. The van der Waals surface area contributed by atoms with Gasteiger partial charge in [-0.25, -0.2) is 0 Å². The number of ether oxygens (including phenoxy) is 1. The summed E-state index contributed by atoms with van der Waals surface area (Å²) in [4.78, 5) is 11.6. The SMILES string of the molecule is CC(C)C(C)OC(=O)C(N)C(C)(C)C. The summed E-state index contributed by atoms with van der Waals surface area (Å²) in [6.45, 7) is 11.7. The average Bonchev–Trinajstić information content (AvgIpc) is 2.00. The molecule has 0 rings (SSSR count). The van der Waals surface area contributed by atoms with Crippen molar-refractivity contribution < 1.29 is 9.53 Å². The lowest BCUT2D eigenvalue weighted by Crippen LogP contribution is -2.44. The number of hydrogen-bond donors (Lipinski definition) is 1. The first-order chi connectivity index (χ1) is 6.16. The quantitative estimate of drug-likeness (QED) is 0.710. The molecule has 2 unspecified atom stereocenters. The van der Waals surface area contributed by atoms with Crippen molar-refractivity contribution in [3.8, 4) is 0 Å². The van der Waals surface area contributed by atoms with Gasteiger partial charge in [0.05, 0.1) is 0 Å². The molecular formula is C11H23NO2. The minimum atomic E-state index is -0.552. The molecule has 0 aliphatic heterocycles. The topological polar surface area (TPSA) is 52.3 Å². The number of nitrogens with two attached hydrogens (primary N) is 1. The average molecular weight is 201 g/mol. The number of hydrogen-bond acceptors (Lipinski definition) is 3. The molecular weight excluding hydrogens is 178 g/mol. The second-order valence-corrected chi connectivity index (χ2v) is 5.23. The Labute approximate surface area is 87.0 Å². The molecule has 0 fully saturated rings. The Morgan fingerprint density at radius 2 is 1.64 bits per heavy atom. The third-order valence-corrected chi connectivity index (χ3v) is 2.43. The monoisotopic (exact) mass is 201 g/mol. The van der Waals surface area contributed by atoms with Crippen molar-refractivity contribution in [3.05, 3.63) is 0 Å². The normalized spacial score (nSPS) is 16.6. The molecule has 0 saturated carbocycles. The lowest BCUT2D eigenvalue weighted by Gasteiger charge is -2.27. The number of esters is 1. The van der Waals surface area contributed by atoms with Gasteiger partial charge in [-0.1, -0.05) is 34.6 Å². The standard InChI is InChI=1S/C11H23NO2/c1-7(2)8(3)14-10(13)9(12)11(4,5)6/h7-9H,12H2,1-6H3. The van der Waals surface area contributed by atoms with Crippen molar-refractivity contribution in [2.45, 2.75) is 53.7 Å². The van der Waals surface area contributed by atoms with Crippen molar-refractivity contribution in [2.75, 3.05) is 0 Å². The molecule has 0 saturated heterocycles. The Bertz CT molecular complexity index is 194. The molecule has 3 heteroatoms. The van der Waals surface area contributed by atoms with E-state index in [4.69, 9.17) is 10.5 Å². The summed E-state index contributed by atoms with van der Waals surface area (Å²) in [5.41, 5.74) is 5.53. The summed E-state index contributed by atoms with van der Waals surface area (Å²) < 4.78 is 5.24. The van der Waals surface area contributed by atoms with Gasteiger partial charge in [0.15, 0.2) is 0 Å². The largest absolute Gasteiger partial charge is 0.461 e. The number of carbonyl (C=O) groups excluding carboxylic acids is 1. The lowest BCUT2D eigenvalue weighted by molar-refractivity contribution is -0.154. The van der Waals surface area contributed by atoms with Crippen LogP contribution >= 0.6 is 0 Å². The first kappa shape index (κ1) is 13.4. The van der Waals surface area contributed by atoms with Crippen LogP contribution in [0.3, 0.4) is 0 Å². The van der Waals surface area contributed by atoms with E-state index < -0.39 is 6.04 Å². The van der Waals surface area contributed by atoms with E-state index in [1.807, 2.05) is 41.5 Å². The molecule has 0 bridgehead atoms. The highest BCUT2D eigenvalue weighted by atomic mass is 16.5. The van der Waals surface area contributed by atoms with E-state index in [9.17, 15) is 4.79 Å². The highest BCUT2D eigenvalue weighted by Crippen LogP contribution is 2.19. The van der Waals surface area contributed by atoms with Crippen LogP contribution in [-0.2, 0) is 9.53 Å². The van der Waals surface area contributed by atoms with Crippen molar-refractivity contribution >= 4 is 5.97 Å². The van der Waals surface area contributed by atoms with Gasteiger partial charge in [-0.3, -0.25) is 4.79 Å². The van der Waals surface area contributed by atoms with E-state index in [2.05, 4.69) is 0 Å². The van der Waals surface area contributed by atoms with E-state index in [0.717, 1.165) is 0 Å². The van der Waals surface area contributed by atoms with Crippen LogP contribution in [0.4, 0.5) is 0 Å². The van der Waals surface area contributed by atoms with Crippen molar-refractivity contribution in [1.29, 1.82) is 0 Å². The summed E-state index contributed by atoms with van der Waals surface area (Å²) in [5.74, 6) is 0.0184. The van der Waals surface area contributed by atoms with E-state index in [1.54, 1.807) is 0 Å². The number of carbonyl (C=O) groups is 1. The highest BCUT2D eigenvalue weighted by Gasteiger charge is 2.30. The predicted octanol–water partition coefficient (Wildman–Crippen LogP) is 1.95. The van der Waals surface area contributed by atoms with Gasteiger partial charge in [0.25, 0.3) is 0 Å². The molecule has 0 spiro atoms. The third kappa shape index (κ3) is 4.09. The zero-order valence-corrected chi connectivity index (χ0v) is 10.1. The van der Waals surface area contributed by atoms with Crippen molar-refractivity contribution in [1.82, 2.24) is 0 Å². The molecule has 14 heavy (non-hydrogen) atoms. The van der Waals surface area contributed by atoms with E-state index in [-0.39, 0.29) is 17.5 Å². The van der Waals surface area contributed by atoms with Crippen LogP contribution in [0, 0.1) is 11.3 Å². The minimum absolute atomic E-state index is 0.0732. The molecule has 0 radical (unpaired) electrons. The molecule has 0 aromatic heterocycles.